The lowest BCUT2D eigenvalue weighted by molar-refractivity contribution is -0.116. The van der Waals surface area contributed by atoms with E-state index in [0.29, 0.717) is 30.8 Å². The molecule has 0 spiro atoms. The molecule has 7 heteroatoms. The molecular weight excluding hydrogens is 294 g/mol. The number of hydrogen-bond donors (Lipinski definition) is 3. The van der Waals surface area contributed by atoms with Gasteiger partial charge in [-0.1, -0.05) is 12.1 Å². The van der Waals surface area contributed by atoms with Gasteiger partial charge in [-0.25, -0.2) is 9.97 Å². The van der Waals surface area contributed by atoms with Crippen molar-refractivity contribution < 1.29 is 9.59 Å². The molecule has 0 saturated carbocycles. The van der Waals surface area contributed by atoms with Gasteiger partial charge in [-0.05, 0) is 31.2 Å². The number of benzene rings is 1. The summed E-state index contributed by atoms with van der Waals surface area (Å²) in [5.41, 5.74) is 7.55. The molecule has 0 atom stereocenters. The number of amides is 2. The van der Waals surface area contributed by atoms with Gasteiger partial charge in [0.15, 0.2) is 0 Å². The Bertz CT molecular complexity index is 702. The van der Waals surface area contributed by atoms with Crippen LogP contribution in [0, 0.1) is 0 Å². The highest BCUT2D eigenvalue weighted by Gasteiger charge is 2.06. The van der Waals surface area contributed by atoms with Crippen LogP contribution >= 0.6 is 0 Å². The highest BCUT2D eigenvalue weighted by Crippen LogP contribution is 2.21. The Labute approximate surface area is 134 Å². The number of nitrogens with two attached hydrogens (primary N) is 1. The van der Waals surface area contributed by atoms with Gasteiger partial charge in [0.05, 0.1) is 5.69 Å². The number of rotatable bonds is 6. The molecule has 0 radical (unpaired) electrons. The third-order valence-electron chi connectivity index (χ3n) is 2.99. The van der Waals surface area contributed by atoms with E-state index in [2.05, 4.69) is 20.6 Å². The van der Waals surface area contributed by atoms with Crippen molar-refractivity contribution >= 4 is 23.5 Å². The van der Waals surface area contributed by atoms with Crippen LogP contribution in [0.15, 0.2) is 36.5 Å². The maximum absolute atomic E-state index is 11.8. The van der Waals surface area contributed by atoms with Crippen LogP contribution in [0.4, 0.5) is 11.6 Å². The molecular formula is C16H19N5O2. The molecule has 0 aliphatic heterocycles. The van der Waals surface area contributed by atoms with Gasteiger partial charge in [0.2, 0.25) is 17.8 Å². The molecule has 0 fully saturated rings. The molecule has 23 heavy (non-hydrogen) atoms. The first-order valence-electron chi connectivity index (χ1n) is 7.29. The standard InChI is InChI=1S/C16H19N5O2/c1-11(22)19-16-18-9-7-14(21-16)12-4-2-5-13(10-12)20-15(23)6-3-8-17/h2,4-5,7,9-10H,3,6,8,17H2,1H3,(H,20,23)(H,18,19,21,22). The lowest BCUT2D eigenvalue weighted by Crippen LogP contribution is -2.13. The predicted molar refractivity (Wildman–Crippen MR) is 88.7 cm³/mol. The van der Waals surface area contributed by atoms with E-state index in [0.717, 1.165) is 5.56 Å². The third kappa shape index (κ3) is 5.15. The zero-order valence-corrected chi connectivity index (χ0v) is 12.9. The minimum absolute atomic E-state index is 0.0748. The van der Waals surface area contributed by atoms with Crippen molar-refractivity contribution in [1.29, 1.82) is 0 Å². The summed E-state index contributed by atoms with van der Waals surface area (Å²) >= 11 is 0. The first kappa shape index (κ1) is 16.6. The summed E-state index contributed by atoms with van der Waals surface area (Å²) < 4.78 is 0. The molecule has 0 unspecified atom stereocenters. The van der Waals surface area contributed by atoms with Gasteiger partial charge in [-0.3, -0.25) is 14.9 Å². The van der Waals surface area contributed by atoms with Crippen molar-refractivity contribution in [1.82, 2.24) is 9.97 Å². The fourth-order valence-electron chi connectivity index (χ4n) is 1.98. The maximum Gasteiger partial charge on any atom is 0.229 e. The smallest absolute Gasteiger partial charge is 0.229 e. The average Bonchev–Trinajstić information content (AvgIpc) is 2.53. The fourth-order valence-corrected chi connectivity index (χ4v) is 1.98. The zero-order valence-electron chi connectivity index (χ0n) is 12.9. The minimum atomic E-state index is -0.233. The van der Waals surface area contributed by atoms with E-state index in [1.165, 1.54) is 6.92 Å². The van der Waals surface area contributed by atoms with Gasteiger partial charge in [0.1, 0.15) is 0 Å². The second-order valence-electron chi connectivity index (χ2n) is 4.97. The summed E-state index contributed by atoms with van der Waals surface area (Å²) in [6, 6.07) is 9.06. The van der Waals surface area contributed by atoms with E-state index < -0.39 is 0 Å². The van der Waals surface area contributed by atoms with Crippen LogP contribution in [0.3, 0.4) is 0 Å². The monoisotopic (exact) mass is 313 g/mol. The topological polar surface area (TPSA) is 110 Å². The first-order chi connectivity index (χ1) is 11.1. The van der Waals surface area contributed by atoms with Crippen molar-refractivity contribution in [2.45, 2.75) is 19.8 Å². The second-order valence-corrected chi connectivity index (χ2v) is 4.97. The van der Waals surface area contributed by atoms with Gasteiger partial charge < -0.3 is 11.1 Å². The summed E-state index contributed by atoms with van der Waals surface area (Å²) in [6.07, 6.45) is 2.61. The second kappa shape index (κ2) is 8.00. The van der Waals surface area contributed by atoms with Gasteiger partial charge >= 0.3 is 0 Å². The molecule has 2 amide bonds. The Balaban J connectivity index is 2.16. The Kier molecular flexibility index (Phi) is 5.76. The molecule has 1 aromatic carbocycles. The molecule has 1 heterocycles. The lowest BCUT2D eigenvalue weighted by Gasteiger charge is -2.08. The zero-order chi connectivity index (χ0) is 16.7. The number of hydrogen-bond acceptors (Lipinski definition) is 5. The molecule has 4 N–H and O–H groups in total. The Hall–Kier alpha value is -2.80. The molecule has 0 aliphatic carbocycles. The lowest BCUT2D eigenvalue weighted by atomic mass is 10.1. The number of nitrogens with zero attached hydrogens (tertiary/aromatic N) is 2. The van der Waals surface area contributed by atoms with Crippen molar-refractivity contribution in [2.75, 3.05) is 17.2 Å². The van der Waals surface area contributed by atoms with Crippen LogP contribution in [0.2, 0.25) is 0 Å². The van der Waals surface area contributed by atoms with Gasteiger partial charge in [-0.15, -0.1) is 0 Å². The van der Waals surface area contributed by atoms with Crippen molar-refractivity contribution in [3.05, 3.63) is 36.5 Å². The Morgan fingerprint density at radius 3 is 2.78 bits per heavy atom. The highest BCUT2D eigenvalue weighted by atomic mass is 16.2. The summed E-state index contributed by atoms with van der Waals surface area (Å²) in [7, 11) is 0. The van der Waals surface area contributed by atoms with E-state index in [4.69, 9.17) is 5.73 Å². The summed E-state index contributed by atoms with van der Waals surface area (Å²) in [5.74, 6) is -0.0651. The van der Waals surface area contributed by atoms with E-state index >= 15 is 0 Å². The summed E-state index contributed by atoms with van der Waals surface area (Å²) in [6.45, 7) is 1.88. The first-order valence-corrected chi connectivity index (χ1v) is 7.29. The van der Waals surface area contributed by atoms with E-state index in [9.17, 15) is 9.59 Å². The SMILES string of the molecule is CC(=O)Nc1nccc(-c2cccc(NC(=O)CCCN)c2)n1. The normalized spacial score (nSPS) is 10.2. The van der Waals surface area contributed by atoms with E-state index in [1.54, 1.807) is 18.3 Å². The fraction of sp³-hybridized carbons (Fsp3) is 0.250. The summed E-state index contributed by atoms with van der Waals surface area (Å²) in [4.78, 5) is 31.1. The number of anilines is 2. The molecule has 0 bridgehead atoms. The van der Waals surface area contributed by atoms with Gasteiger partial charge in [0.25, 0.3) is 0 Å². The largest absolute Gasteiger partial charge is 0.330 e. The molecule has 0 saturated heterocycles. The van der Waals surface area contributed by atoms with Crippen LogP contribution < -0.4 is 16.4 Å². The molecule has 7 nitrogen and oxygen atoms in total. The molecule has 120 valence electrons. The number of nitrogens with one attached hydrogen (secondary N) is 2. The van der Waals surface area contributed by atoms with Crippen molar-refractivity contribution in [3.8, 4) is 11.3 Å². The van der Waals surface area contributed by atoms with Crippen molar-refractivity contribution in [3.63, 3.8) is 0 Å². The van der Waals surface area contributed by atoms with Gasteiger partial charge in [-0.2, -0.15) is 0 Å². The van der Waals surface area contributed by atoms with Crippen LogP contribution in [0.5, 0.6) is 0 Å². The summed E-state index contributed by atoms with van der Waals surface area (Å²) in [5, 5.41) is 5.37. The number of carbonyl (C=O) groups is 2. The van der Waals surface area contributed by atoms with E-state index in [-0.39, 0.29) is 17.8 Å². The van der Waals surface area contributed by atoms with Crippen LogP contribution in [-0.2, 0) is 9.59 Å². The quantitative estimate of drug-likeness (QED) is 0.753. The third-order valence-corrected chi connectivity index (χ3v) is 2.99. The number of aromatic nitrogens is 2. The predicted octanol–water partition coefficient (Wildman–Crippen LogP) is 1.78. The average molecular weight is 313 g/mol. The van der Waals surface area contributed by atoms with Gasteiger partial charge in [0, 0.05) is 30.8 Å². The van der Waals surface area contributed by atoms with Crippen LogP contribution in [-0.4, -0.2) is 28.3 Å². The molecule has 2 aromatic rings. The molecule has 2 rings (SSSR count). The van der Waals surface area contributed by atoms with E-state index in [1.807, 2.05) is 18.2 Å². The van der Waals surface area contributed by atoms with Crippen molar-refractivity contribution in [2.24, 2.45) is 5.73 Å². The maximum atomic E-state index is 11.8. The van der Waals surface area contributed by atoms with Crippen LogP contribution in [0.25, 0.3) is 11.3 Å². The molecule has 0 aliphatic rings. The number of carbonyl (C=O) groups excluding carboxylic acids is 2. The highest BCUT2D eigenvalue weighted by molar-refractivity contribution is 5.91. The Morgan fingerprint density at radius 1 is 1.22 bits per heavy atom. The van der Waals surface area contributed by atoms with Crippen LogP contribution in [0.1, 0.15) is 19.8 Å². The Morgan fingerprint density at radius 2 is 2.04 bits per heavy atom. The molecule has 1 aromatic heterocycles. The minimum Gasteiger partial charge on any atom is -0.330 e.